The molecule has 0 bridgehead atoms. The minimum atomic E-state index is 0.139. The summed E-state index contributed by atoms with van der Waals surface area (Å²) in [7, 11) is 0. The van der Waals surface area contributed by atoms with E-state index in [1.54, 1.807) is 0 Å². The van der Waals surface area contributed by atoms with Crippen LogP contribution in [0.15, 0.2) is 24.3 Å². The largest absolute Gasteiger partial charge is 0.325 e. The normalized spacial score (nSPS) is 33.5. The highest BCUT2D eigenvalue weighted by atomic mass is 14.9. The smallest absolute Gasteiger partial charge is 0.0230 e. The molecular formula is C15H21N. The second kappa shape index (κ2) is 3.59. The first-order valence-corrected chi connectivity index (χ1v) is 6.52. The van der Waals surface area contributed by atoms with Crippen LogP contribution in [-0.2, 0) is 6.42 Å². The van der Waals surface area contributed by atoms with Crippen LogP contribution in [0, 0.1) is 18.8 Å². The van der Waals surface area contributed by atoms with Crippen molar-refractivity contribution in [1.82, 2.24) is 0 Å². The Kier molecular flexibility index (Phi) is 2.32. The lowest BCUT2D eigenvalue weighted by molar-refractivity contribution is 0.257. The van der Waals surface area contributed by atoms with Gasteiger partial charge in [0, 0.05) is 5.54 Å². The number of nitrogens with two attached hydrogens (primary N) is 1. The van der Waals surface area contributed by atoms with Gasteiger partial charge >= 0.3 is 0 Å². The molecule has 3 rings (SSSR count). The number of hydrogen-bond donors (Lipinski definition) is 1. The highest BCUT2D eigenvalue weighted by Gasteiger charge is 2.55. The molecular weight excluding hydrogens is 194 g/mol. The minimum absolute atomic E-state index is 0.139. The topological polar surface area (TPSA) is 26.0 Å². The average Bonchev–Trinajstić information content (AvgIpc) is 2.79. The fourth-order valence-corrected chi connectivity index (χ4v) is 3.12. The predicted molar refractivity (Wildman–Crippen MR) is 67.2 cm³/mol. The Hall–Kier alpha value is -0.820. The van der Waals surface area contributed by atoms with Gasteiger partial charge in [0.1, 0.15) is 0 Å². The molecule has 0 aromatic heterocycles. The molecule has 0 heterocycles. The van der Waals surface area contributed by atoms with Crippen molar-refractivity contribution < 1.29 is 0 Å². The molecule has 2 aliphatic rings. The zero-order valence-electron chi connectivity index (χ0n) is 10.1. The maximum absolute atomic E-state index is 6.47. The standard InChI is InChI=1S/C15H21N/c1-11-5-7-12(8-6-11)9-15(16)10-14(15)13-3-2-4-13/h5-8,13-14H,2-4,9-10,16H2,1H3. The van der Waals surface area contributed by atoms with Crippen LogP contribution in [0.3, 0.4) is 0 Å². The third kappa shape index (κ3) is 1.78. The summed E-state index contributed by atoms with van der Waals surface area (Å²) < 4.78 is 0. The van der Waals surface area contributed by atoms with Crippen LogP contribution in [-0.4, -0.2) is 5.54 Å². The van der Waals surface area contributed by atoms with Gasteiger partial charge < -0.3 is 5.73 Å². The van der Waals surface area contributed by atoms with Gasteiger partial charge in [-0.3, -0.25) is 0 Å². The Morgan fingerprint density at radius 1 is 1.25 bits per heavy atom. The second-order valence-electron chi connectivity index (χ2n) is 5.90. The van der Waals surface area contributed by atoms with E-state index in [1.807, 2.05) is 0 Å². The molecule has 1 aromatic rings. The van der Waals surface area contributed by atoms with E-state index in [1.165, 1.54) is 36.8 Å². The van der Waals surface area contributed by atoms with Crippen LogP contribution >= 0.6 is 0 Å². The first-order valence-electron chi connectivity index (χ1n) is 6.52. The van der Waals surface area contributed by atoms with E-state index in [0.717, 1.165) is 18.3 Å². The van der Waals surface area contributed by atoms with E-state index in [9.17, 15) is 0 Å². The summed E-state index contributed by atoms with van der Waals surface area (Å²) in [5, 5.41) is 0. The van der Waals surface area contributed by atoms with E-state index in [4.69, 9.17) is 5.73 Å². The van der Waals surface area contributed by atoms with E-state index >= 15 is 0 Å². The van der Waals surface area contributed by atoms with Gasteiger partial charge in [-0.05, 0) is 37.2 Å². The lowest BCUT2D eigenvalue weighted by Gasteiger charge is -2.27. The summed E-state index contributed by atoms with van der Waals surface area (Å²) in [6.07, 6.45) is 6.62. The van der Waals surface area contributed by atoms with Crippen LogP contribution < -0.4 is 5.73 Å². The van der Waals surface area contributed by atoms with Crippen LogP contribution in [0.5, 0.6) is 0 Å². The molecule has 2 unspecified atom stereocenters. The third-order valence-electron chi connectivity index (χ3n) is 4.55. The van der Waals surface area contributed by atoms with Gasteiger partial charge in [0.05, 0.1) is 0 Å². The molecule has 2 fully saturated rings. The molecule has 1 heteroatoms. The number of benzene rings is 1. The Morgan fingerprint density at radius 3 is 2.50 bits per heavy atom. The molecule has 2 atom stereocenters. The van der Waals surface area contributed by atoms with Gasteiger partial charge in [0.25, 0.3) is 0 Å². The van der Waals surface area contributed by atoms with E-state index < -0.39 is 0 Å². The summed E-state index contributed by atoms with van der Waals surface area (Å²) in [5.74, 6) is 1.78. The first kappa shape index (κ1) is 10.3. The van der Waals surface area contributed by atoms with Crippen LogP contribution in [0.1, 0.15) is 36.8 Å². The highest BCUT2D eigenvalue weighted by Crippen LogP contribution is 2.54. The van der Waals surface area contributed by atoms with Crippen molar-refractivity contribution in [3.8, 4) is 0 Å². The Bertz CT molecular complexity index is 377. The van der Waals surface area contributed by atoms with Crippen molar-refractivity contribution in [2.75, 3.05) is 0 Å². The minimum Gasteiger partial charge on any atom is -0.325 e. The van der Waals surface area contributed by atoms with E-state index in [0.29, 0.717) is 0 Å². The predicted octanol–water partition coefficient (Wildman–Crippen LogP) is 3.06. The summed E-state index contributed by atoms with van der Waals surface area (Å²) in [6, 6.07) is 8.86. The van der Waals surface area contributed by atoms with Crippen LogP contribution in [0.25, 0.3) is 0 Å². The maximum Gasteiger partial charge on any atom is 0.0230 e. The summed E-state index contributed by atoms with van der Waals surface area (Å²) >= 11 is 0. The molecule has 0 amide bonds. The number of rotatable bonds is 3. The van der Waals surface area contributed by atoms with E-state index in [2.05, 4.69) is 31.2 Å². The van der Waals surface area contributed by atoms with Crippen molar-refractivity contribution in [3.63, 3.8) is 0 Å². The van der Waals surface area contributed by atoms with Gasteiger partial charge in [0.15, 0.2) is 0 Å². The average molecular weight is 215 g/mol. The van der Waals surface area contributed by atoms with Crippen molar-refractivity contribution >= 4 is 0 Å². The fourth-order valence-electron chi connectivity index (χ4n) is 3.12. The molecule has 0 aliphatic heterocycles. The van der Waals surface area contributed by atoms with Crippen LogP contribution in [0.2, 0.25) is 0 Å². The summed E-state index contributed by atoms with van der Waals surface area (Å²) in [6.45, 7) is 2.14. The molecule has 2 N–H and O–H groups in total. The molecule has 2 saturated carbocycles. The fraction of sp³-hybridized carbons (Fsp3) is 0.600. The quantitative estimate of drug-likeness (QED) is 0.824. The summed E-state index contributed by atoms with van der Waals surface area (Å²) in [5.41, 5.74) is 9.36. The molecule has 0 spiro atoms. The Labute approximate surface area is 98.0 Å². The van der Waals surface area contributed by atoms with Crippen molar-refractivity contribution in [1.29, 1.82) is 0 Å². The van der Waals surface area contributed by atoms with Gasteiger partial charge in [-0.1, -0.05) is 49.1 Å². The van der Waals surface area contributed by atoms with Gasteiger partial charge in [-0.2, -0.15) is 0 Å². The molecule has 0 radical (unpaired) electrons. The third-order valence-corrected chi connectivity index (χ3v) is 4.55. The zero-order chi connectivity index (χ0) is 11.2. The SMILES string of the molecule is Cc1ccc(CC2(N)CC2C2CCC2)cc1. The summed E-state index contributed by atoms with van der Waals surface area (Å²) in [4.78, 5) is 0. The second-order valence-corrected chi connectivity index (χ2v) is 5.90. The molecule has 16 heavy (non-hydrogen) atoms. The maximum atomic E-state index is 6.47. The lowest BCUT2D eigenvalue weighted by atomic mass is 9.79. The Morgan fingerprint density at radius 2 is 1.94 bits per heavy atom. The number of aryl methyl sites for hydroxylation is 1. The monoisotopic (exact) mass is 215 g/mol. The van der Waals surface area contributed by atoms with Crippen molar-refractivity contribution in [2.24, 2.45) is 17.6 Å². The zero-order valence-corrected chi connectivity index (χ0v) is 10.1. The molecule has 86 valence electrons. The number of hydrogen-bond acceptors (Lipinski definition) is 1. The molecule has 0 saturated heterocycles. The Balaban J connectivity index is 1.64. The lowest BCUT2D eigenvalue weighted by Crippen LogP contribution is -2.32. The van der Waals surface area contributed by atoms with Crippen LogP contribution in [0.4, 0.5) is 0 Å². The van der Waals surface area contributed by atoms with E-state index in [-0.39, 0.29) is 5.54 Å². The molecule has 2 aliphatic carbocycles. The van der Waals surface area contributed by atoms with Gasteiger partial charge in [-0.15, -0.1) is 0 Å². The van der Waals surface area contributed by atoms with Crippen molar-refractivity contribution in [3.05, 3.63) is 35.4 Å². The van der Waals surface area contributed by atoms with Gasteiger partial charge in [-0.25, -0.2) is 0 Å². The molecule has 1 aromatic carbocycles. The highest BCUT2D eigenvalue weighted by molar-refractivity contribution is 5.26. The molecule has 1 nitrogen and oxygen atoms in total. The van der Waals surface area contributed by atoms with Crippen molar-refractivity contribution in [2.45, 2.75) is 44.6 Å². The first-order chi connectivity index (χ1) is 7.67. The van der Waals surface area contributed by atoms with Gasteiger partial charge in [0.2, 0.25) is 0 Å².